The van der Waals surface area contributed by atoms with Crippen LogP contribution in [0.4, 0.5) is 0 Å². The van der Waals surface area contributed by atoms with Gasteiger partial charge >= 0.3 is 19.8 Å². The summed E-state index contributed by atoms with van der Waals surface area (Å²) in [5, 5.41) is 0. The molecule has 0 aliphatic heterocycles. The van der Waals surface area contributed by atoms with E-state index in [1.165, 1.54) is 83.5 Å². The molecule has 0 bridgehead atoms. The van der Waals surface area contributed by atoms with E-state index in [9.17, 15) is 19.0 Å². The molecule has 2 unspecified atom stereocenters. The summed E-state index contributed by atoms with van der Waals surface area (Å²) in [7, 11) is 1.47. The summed E-state index contributed by atoms with van der Waals surface area (Å²) in [5.41, 5.74) is 0. The van der Waals surface area contributed by atoms with Gasteiger partial charge in [0.05, 0.1) is 27.7 Å². The number of carbonyl (C=O) groups is 2. The van der Waals surface area contributed by atoms with Crippen molar-refractivity contribution in [2.75, 3.05) is 47.5 Å². The largest absolute Gasteiger partial charge is 0.472 e. The summed E-state index contributed by atoms with van der Waals surface area (Å²) in [4.78, 5) is 35.4. The van der Waals surface area contributed by atoms with Crippen LogP contribution in [0, 0.1) is 0 Å². The van der Waals surface area contributed by atoms with Gasteiger partial charge in [-0.15, -0.1) is 0 Å². The molecule has 9 nitrogen and oxygen atoms in total. The molecule has 0 aliphatic carbocycles. The highest BCUT2D eigenvalue weighted by molar-refractivity contribution is 7.47. The van der Waals surface area contributed by atoms with Crippen LogP contribution in [0.25, 0.3) is 0 Å². The number of phosphoric acid groups is 1. The summed E-state index contributed by atoms with van der Waals surface area (Å²) >= 11 is 0. The maximum atomic E-state index is 12.7. The standard InChI is InChI=1S/C45H84NO8P/c1-6-8-10-12-14-16-18-20-22-24-26-28-30-32-34-36-38-45(48)54-43(42-53-55(49,50)52-40-39-46(3,4)5)41-51-44(47)37-35-33-31-29-27-25-23-21-19-17-15-13-11-9-7-2/h9,11,15,17,21,23,43H,6-8,10,12-14,16,18-20,22,24-42H2,1-5H3/p+1/b11-9+,17-15+,23-21+. The monoisotopic (exact) mass is 799 g/mol. The molecule has 0 rings (SSSR count). The van der Waals surface area contributed by atoms with Gasteiger partial charge in [-0.2, -0.15) is 0 Å². The first-order chi connectivity index (χ1) is 26.5. The number of quaternary nitrogens is 1. The molecule has 0 saturated heterocycles. The fourth-order valence-electron chi connectivity index (χ4n) is 5.97. The van der Waals surface area contributed by atoms with Crippen LogP contribution in [0.1, 0.15) is 187 Å². The molecule has 10 heteroatoms. The van der Waals surface area contributed by atoms with Crippen molar-refractivity contribution in [2.45, 2.75) is 193 Å². The van der Waals surface area contributed by atoms with Gasteiger partial charge in [0.25, 0.3) is 0 Å². The lowest BCUT2D eigenvalue weighted by Gasteiger charge is -2.24. The molecule has 322 valence electrons. The Labute approximate surface area is 338 Å². The number of nitrogens with zero attached hydrogens (tertiary/aromatic N) is 1. The van der Waals surface area contributed by atoms with E-state index in [1.807, 2.05) is 21.1 Å². The molecule has 2 atom stereocenters. The second-order valence-electron chi connectivity index (χ2n) is 16.1. The molecular weight excluding hydrogens is 713 g/mol. The first-order valence-corrected chi connectivity index (χ1v) is 23.7. The fraction of sp³-hybridized carbons (Fsp3) is 0.822. The van der Waals surface area contributed by atoms with Crippen molar-refractivity contribution < 1.29 is 42.1 Å². The predicted molar refractivity (Wildman–Crippen MR) is 229 cm³/mol. The third kappa shape index (κ3) is 41.7. The Morgan fingerprint density at radius 3 is 1.55 bits per heavy atom. The average Bonchev–Trinajstić information content (AvgIpc) is 3.13. The van der Waals surface area contributed by atoms with Crippen LogP contribution < -0.4 is 0 Å². The highest BCUT2D eigenvalue weighted by Gasteiger charge is 2.27. The van der Waals surface area contributed by atoms with Crippen LogP contribution in [-0.4, -0.2) is 74.9 Å². The minimum Gasteiger partial charge on any atom is -0.462 e. The van der Waals surface area contributed by atoms with E-state index < -0.39 is 26.5 Å². The Morgan fingerprint density at radius 2 is 1.04 bits per heavy atom. The lowest BCUT2D eigenvalue weighted by molar-refractivity contribution is -0.870. The number of likely N-dealkylation sites (N-methyl/N-ethyl adjacent to an activating group) is 1. The van der Waals surface area contributed by atoms with Gasteiger partial charge in [-0.3, -0.25) is 18.6 Å². The van der Waals surface area contributed by atoms with Crippen molar-refractivity contribution in [1.29, 1.82) is 0 Å². The quantitative estimate of drug-likeness (QED) is 0.0215. The Morgan fingerprint density at radius 1 is 0.582 bits per heavy atom. The number of hydrogen-bond donors (Lipinski definition) is 1. The number of carbonyl (C=O) groups excluding carboxylic acids is 2. The van der Waals surface area contributed by atoms with Gasteiger partial charge in [0.15, 0.2) is 6.10 Å². The van der Waals surface area contributed by atoms with Crippen molar-refractivity contribution >= 4 is 19.8 Å². The van der Waals surface area contributed by atoms with Gasteiger partial charge in [0, 0.05) is 12.8 Å². The molecule has 0 spiro atoms. The SMILES string of the molecule is CC/C=C/C/C=C/C/C=C/CCCCCCCC(=O)OCC(COP(=O)(O)OCC[N+](C)(C)C)OC(=O)CCCCCCCCCCCCCCCCCC. The van der Waals surface area contributed by atoms with E-state index in [0.29, 0.717) is 17.4 Å². The fourth-order valence-corrected chi connectivity index (χ4v) is 6.71. The van der Waals surface area contributed by atoms with Crippen molar-refractivity contribution in [3.05, 3.63) is 36.5 Å². The molecule has 0 aromatic heterocycles. The Kier molecular flexibility index (Phi) is 36.6. The third-order valence-electron chi connectivity index (χ3n) is 9.43. The summed E-state index contributed by atoms with van der Waals surface area (Å²) in [6.45, 7) is 4.30. The Hall–Kier alpha value is -1.77. The highest BCUT2D eigenvalue weighted by atomic mass is 31.2. The van der Waals surface area contributed by atoms with Crippen LogP contribution in [0.3, 0.4) is 0 Å². The van der Waals surface area contributed by atoms with E-state index in [2.05, 4.69) is 50.3 Å². The maximum absolute atomic E-state index is 12.7. The molecule has 1 N–H and O–H groups in total. The van der Waals surface area contributed by atoms with E-state index in [0.717, 1.165) is 70.6 Å². The van der Waals surface area contributed by atoms with Gasteiger partial charge < -0.3 is 18.9 Å². The predicted octanol–water partition coefficient (Wildman–Crippen LogP) is 12.5. The van der Waals surface area contributed by atoms with Crippen LogP contribution >= 0.6 is 7.82 Å². The smallest absolute Gasteiger partial charge is 0.462 e. The summed E-state index contributed by atoms with van der Waals surface area (Å²) in [6, 6.07) is 0. The van der Waals surface area contributed by atoms with Crippen LogP contribution in [0.15, 0.2) is 36.5 Å². The number of ether oxygens (including phenoxy) is 2. The number of esters is 2. The Bertz CT molecular complexity index is 1040. The first-order valence-electron chi connectivity index (χ1n) is 22.2. The number of rotatable bonds is 40. The molecule has 0 aromatic rings. The van der Waals surface area contributed by atoms with Crippen LogP contribution in [-0.2, 0) is 32.7 Å². The van der Waals surface area contributed by atoms with Crippen LogP contribution in [0.2, 0.25) is 0 Å². The molecular formula is C45H85NO8P+. The third-order valence-corrected chi connectivity index (χ3v) is 10.4. The Balaban J connectivity index is 4.36. The van der Waals surface area contributed by atoms with Gasteiger partial charge in [0.2, 0.25) is 0 Å². The number of hydrogen-bond acceptors (Lipinski definition) is 7. The van der Waals surface area contributed by atoms with Crippen molar-refractivity contribution in [1.82, 2.24) is 0 Å². The normalized spacial score (nSPS) is 13.9. The van der Waals surface area contributed by atoms with E-state index in [-0.39, 0.29) is 32.0 Å². The molecule has 0 aliphatic rings. The highest BCUT2D eigenvalue weighted by Crippen LogP contribution is 2.43. The summed E-state index contributed by atoms with van der Waals surface area (Å²) in [5.74, 6) is -0.814. The van der Waals surface area contributed by atoms with Gasteiger partial charge in [-0.25, -0.2) is 4.57 Å². The number of unbranched alkanes of at least 4 members (excludes halogenated alkanes) is 20. The lowest BCUT2D eigenvalue weighted by Crippen LogP contribution is -2.37. The molecule has 0 saturated carbocycles. The van der Waals surface area contributed by atoms with Crippen molar-refractivity contribution in [3.63, 3.8) is 0 Å². The summed E-state index contributed by atoms with van der Waals surface area (Å²) < 4.78 is 34.3. The minimum atomic E-state index is -4.38. The summed E-state index contributed by atoms with van der Waals surface area (Å²) in [6.07, 6.45) is 41.9. The van der Waals surface area contributed by atoms with E-state index in [4.69, 9.17) is 18.5 Å². The number of allylic oxidation sites excluding steroid dienone is 6. The zero-order chi connectivity index (χ0) is 40.7. The van der Waals surface area contributed by atoms with Crippen LogP contribution in [0.5, 0.6) is 0 Å². The maximum Gasteiger partial charge on any atom is 0.472 e. The lowest BCUT2D eigenvalue weighted by atomic mass is 10.0. The zero-order valence-electron chi connectivity index (χ0n) is 36.2. The van der Waals surface area contributed by atoms with E-state index in [1.54, 1.807) is 0 Å². The minimum absolute atomic E-state index is 0.0295. The van der Waals surface area contributed by atoms with E-state index >= 15 is 0 Å². The van der Waals surface area contributed by atoms with Gasteiger partial charge in [-0.1, -0.05) is 166 Å². The molecule has 55 heavy (non-hydrogen) atoms. The molecule has 0 amide bonds. The average molecular weight is 799 g/mol. The number of phosphoric ester groups is 1. The second-order valence-corrected chi connectivity index (χ2v) is 17.5. The molecule has 0 radical (unpaired) electrons. The zero-order valence-corrected chi connectivity index (χ0v) is 37.1. The first kappa shape index (κ1) is 53.2. The topological polar surface area (TPSA) is 108 Å². The van der Waals surface area contributed by atoms with Crippen molar-refractivity contribution in [2.24, 2.45) is 0 Å². The molecule has 0 fully saturated rings. The van der Waals surface area contributed by atoms with Gasteiger partial charge in [0.1, 0.15) is 19.8 Å². The second kappa shape index (κ2) is 37.8. The molecule has 0 heterocycles. The van der Waals surface area contributed by atoms with Gasteiger partial charge in [-0.05, 0) is 44.9 Å². The molecule has 0 aromatic carbocycles. The van der Waals surface area contributed by atoms with Crippen molar-refractivity contribution in [3.8, 4) is 0 Å².